The molecule has 4 aromatic rings. The Balaban J connectivity index is 0.000000218. The van der Waals surface area contributed by atoms with E-state index in [1.54, 1.807) is 18.2 Å². The fourth-order valence-corrected chi connectivity index (χ4v) is 5.10. The van der Waals surface area contributed by atoms with Crippen molar-refractivity contribution in [2.45, 2.75) is 29.7 Å². The smallest absolute Gasteiger partial charge is 0.295 e. The van der Waals surface area contributed by atoms with Crippen LogP contribution < -0.4 is 4.74 Å². The molecule has 4 rings (SSSR count). The molecule has 0 aliphatic rings. The van der Waals surface area contributed by atoms with Crippen LogP contribution in [0, 0.1) is 0 Å². The lowest BCUT2D eigenvalue weighted by Gasteiger charge is -2.13. The number of hydrogen-bond acceptors (Lipinski definition) is 7. The van der Waals surface area contributed by atoms with Crippen molar-refractivity contribution in [2.75, 3.05) is 0 Å². The number of rotatable bonds is 6. The molecule has 0 spiro atoms. The SMILES string of the molecule is CC(C)Oc1ccc(S(=O)(=O)O)c(-c2ccc(O)cc2)c1.O=S(=O)(O)c1ccc(Cl)cc1-c1ccc(O)cc1. The van der Waals surface area contributed by atoms with Gasteiger partial charge in [0.25, 0.3) is 20.2 Å². The zero-order valence-electron chi connectivity index (χ0n) is 20.7. The highest BCUT2D eigenvalue weighted by atomic mass is 35.5. The Labute approximate surface area is 231 Å². The molecule has 0 atom stereocenters. The highest BCUT2D eigenvalue weighted by Gasteiger charge is 2.18. The number of phenolic OH excluding ortho intramolecular Hbond substituents is 2. The molecule has 9 nitrogen and oxygen atoms in total. The summed E-state index contributed by atoms with van der Waals surface area (Å²) in [5.74, 6) is 0.636. The highest BCUT2D eigenvalue weighted by molar-refractivity contribution is 7.86. The second-order valence-electron chi connectivity index (χ2n) is 8.51. The molecular weight excluding hydrogens is 568 g/mol. The first-order valence-corrected chi connectivity index (χ1v) is 14.5. The normalized spacial score (nSPS) is 11.5. The van der Waals surface area contributed by atoms with Crippen LogP contribution >= 0.6 is 11.6 Å². The van der Waals surface area contributed by atoms with Crippen molar-refractivity contribution in [3.05, 3.63) is 90.0 Å². The van der Waals surface area contributed by atoms with E-state index in [2.05, 4.69) is 0 Å². The molecule has 0 bridgehead atoms. The van der Waals surface area contributed by atoms with Gasteiger partial charge in [-0.15, -0.1) is 0 Å². The summed E-state index contributed by atoms with van der Waals surface area (Å²) in [7, 11) is -8.68. The summed E-state index contributed by atoms with van der Waals surface area (Å²) >= 11 is 5.82. The third-order valence-electron chi connectivity index (χ3n) is 5.18. The van der Waals surface area contributed by atoms with Gasteiger partial charge in [-0.1, -0.05) is 35.9 Å². The Hall–Kier alpha value is -3.61. The zero-order valence-corrected chi connectivity index (χ0v) is 23.1. The molecule has 0 aliphatic heterocycles. The molecule has 39 heavy (non-hydrogen) atoms. The van der Waals surface area contributed by atoms with Gasteiger partial charge in [-0.2, -0.15) is 16.8 Å². The van der Waals surface area contributed by atoms with E-state index in [0.29, 0.717) is 27.5 Å². The Kier molecular flexibility index (Phi) is 9.26. The van der Waals surface area contributed by atoms with Gasteiger partial charge in [-0.25, -0.2) is 0 Å². The lowest BCUT2D eigenvalue weighted by molar-refractivity contribution is 0.242. The summed E-state index contributed by atoms with van der Waals surface area (Å²) in [5.41, 5.74) is 1.68. The van der Waals surface area contributed by atoms with E-state index in [-0.39, 0.29) is 33.0 Å². The average Bonchev–Trinajstić information content (AvgIpc) is 2.83. The average molecular weight is 593 g/mol. The van der Waals surface area contributed by atoms with E-state index in [0.717, 1.165) is 0 Å². The van der Waals surface area contributed by atoms with Crippen molar-refractivity contribution in [1.82, 2.24) is 0 Å². The van der Waals surface area contributed by atoms with Crippen LogP contribution in [0.25, 0.3) is 22.3 Å². The predicted octanol–water partition coefficient (Wildman–Crippen LogP) is 6.05. The predicted molar refractivity (Wildman–Crippen MR) is 147 cm³/mol. The molecule has 0 heterocycles. The number of halogens is 1. The molecule has 4 N–H and O–H groups in total. The monoisotopic (exact) mass is 592 g/mol. The second kappa shape index (κ2) is 12.1. The van der Waals surface area contributed by atoms with Crippen molar-refractivity contribution in [1.29, 1.82) is 0 Å². The van der Waals surface area contributed by atoms with Crippen LogP contribution in [0.1, 0.15) is 13.8 Å². The summed E-state index contributed by atoms with van der Waals surface area (Å²) in [6.07, 6.45) is -0.0609. The minimum absolute atomic E-state index is 0.0609. The van der Waals surface area contributed by atoms with Crippen LogP contribution in [0.5, 0.6) is 17.2 Å². The van der Waals surface area contributed by atoms with Crippen LogP contribution in [-0.4, -0.2) is 42.3 Å². The summed E-state index contributed by atoms with van der Waals surface area (Å²) in [5, 5.41) is 18.9. The van der Waals surface area contributed by atoms with Gasteiger partial charge in [-0.3, -0.25) is 9.11 Å². The fraction of sp³-hybridized carbons (Fsp3) is 0.111. The maximum Gasteiger partial charge on any atom is 0.295 e. The molecule has 0 saturated heterocycles. The Morgan fingerprint density at radius 1 is 0.641 bits per heavy atom. The first-order chi connectivity index (χ1) is 18.1. The third kappa shape index (κ3) is 8.19. The van der Waals surface area contributed by atoms with Crippen molar-refractivity contribution in [3.8, 4) is 39.5 Å². The van der Waals surface area contributed by atoms with E-state index in [1.807, 2.05) is 13.8 Å². The van der Waals surface area contributed by atoms with E-state index in [1.165, 1.54) is 66.7 Å². The lowest BCUT2D eigenvalue weighted by atomic mass is 10.1. The zero-order chi connectivity index (χ0) is 29.0. The number of ether oxygens (including phenoxy) is 1. The summed E-state index contributed by atoms with van der Waals surface area (Å²) < 4.78 is 69.6. The molecule has 0 amide bonds. The van der Waals surface area contributed by atoms with E-state index < -0.39 is 20.2 Å². The molecule has 206 valence electrons. The van der Waals surface area contributed by atoms with Crippen LogP contribution in [0.3, 0.4) is 0 Å². The molecule has 0 aliphatic carbocycles. The summed E-state index contributed by atoms with van der Waals surface area (Å²) in [6.45, 7) is 3.72. The van der Waals surface area contributed by atoms with Gasteiger partial charge in [0.05, 0.1) is 6.10 Å². The maximum atomic E-state index is 11.5. The second-order valence-corrected chi connectivity index (χ2v) is 11.7. The van der Waals surface area contributed by atoms with Gasteiger partial charge in [-0.05, 0) is 85.6 Å². The van der Waals surface area contributed by atoms with Gasteiger partial charge in [0.2, 0.25) is 0 Å². The Bertz CT molecular complexity index is 1670. The van der Waals surface area contributed by atoms with Crippen molar-refractivity contribution >= 4 is 31.8 Å². The van der Waals surface area contributed by atoms with E-state index in [4.69, 9.17) is 20.9 Å². The molecule has 0 fully saturated rings. The minimum atomic E-state index is -4.36. The summed E-state index contributed by atoms with van der Waals surface area (Å²) in [6, 6.07) is 20.3. The molecule has 12 heteroatoms. The van der Waals surface area contributed by atoms with Crippen molar-refractivity contribution < 1.29 is 40.9 Å². The third-order valence-corrected chi connectivity index (χ3v) is 7.24. The Morgan fingerprint density at radius 3 is 1.46 bits per heavy atom. The first kappa shape index (κ1) is 29.9. The van der Waals surface area contributed by atoms with Gasteiger partial charge in [0.15, 0.2) is 0 Å². The summed E-state index contributed by atoms with van der Waals surface area (Å²) in [4.78, 5) is -0.429. The van der Waals surface area contributed by atoms with Gasteiger partial charge >= 0.3 is 0 Å². The van der Waals surface area contributed by atoms with Crippen molar-refractivity contribution in [2.24, 2.45) is 0 Å². The highest BCUT2D eigenvalue weighted by Crippen LogP contribution is 2.33. The van der Waals surface area contributed by atoms with Crippen LogP contribution in [-0.2, 0) is 20.2 Å². The van der Waals surface area contributed by atoms with Crippen LogP contribution in [0.15, 0.2) is 94.7 Å². The standard InChI is InChI=1S/C15H16O5S.C12H9ClO4S/c1-10(2)20-13-7-8-15(21(17,18)19)14(9-13)11-3-5-12(16)6-4-11;13-9-3-6-12(18(15,16)17)11(7-9)8-1-4-10(14)5-2-8/h3-10,16H,1-2H3,(H,17,18,19);1-7,14H,(H,15,16,17). The van der Waals surface area contributed by atoms with Gasteiger partial charge < -0.3 is 14.9 Å². The lowest BCUT2D eigenvalue weighted by Crippen LogP contribution is -2.07. The molecule has 0 aromatic heterocycles. The molecule has 0 saturated carbocycles. The van der Waals surface area contributed by atoms with E-state index >= 15 is 0 Å². The minimum Gasteiger partial charge on any atom is -0.508 e. The number of benzene rings is 4. The topological polar surface area (TPSA) is 158 Å². The van der Waals surface area contributed by atoms with Crippen molar-refractivity contribution in [3.63, 3.8) is 0 Å². The maximum absolute atomic E-state index is 11.5. The van der Waals surface area contributed by atoms with Gasteiger partial charge in [0.1, 0.15) is 27.0 Å². The number of phenols is 2. The molecule has 0 radical (unpaired) electrons. The largest absolute Gasteiger partial charge is 0.508 e. The van der Waals surface area contributed by atoms with E-state index in [9.17, 15) is 31.6 Å². The number of aromatic hydroxyl groups is 2. The molecular formula is C27H25ClO9S2. The first-order valence-electron chi connectivity index (χ1n) is 11.3. The fourth-order valence-electron chi connectivity index (χ4n) is 3.54. The number of hydrogen-bond donors (Lipinski definition) is 4. The van der Waals surface area contributed by atoms with Crippen LogP contribution in [0.4, 0.5) is 0 Å². The molecule has 4 aromatic carbocycles. The molecule has 0 unspecified atom stereocenters. The quantitative estimate of drug-likeness (QED) is 0.195. The van der Waals surface area contributed by atoms with Crippen LogP contribution in [0.2, 0.25) is 5.02 Å². The Morgan fingerprint density at radius 2 is 1.05 bits per heavy atom. The van der Waals surface area contributed by atoms with Gasteiger partial charge in [0, 0.05) is 16.1 Å².